The Hall–Kier alpha value is -1.63. The number of nitrogens with two attached hydrogens (primary N) is 1. The molecule has 1 aliphatic carbocycles. The summed E-state index contributed by atoms with van der Waals surface area (Å²) < 4.78 is 5.07. The minimum atomic E-state index is -0.296. The maximum atomic E-state index is 11.8. The summed E-state index contributed by atoms with van der Waals surface area (Å²) in [7, 11) is 0. The molecule has 0 radical (unpaired) electrons. The molecule has 1 amide bonds. The molecule has 0 saturated heterocycles. The van der Waals surface area contributed by atoms with Crippen LogP contribution in [0.15, 0.2) is 0 Å². The van der Waals surface area contributed by atoms with E-state index in [-0.39, 0.29) is 17.8 Å². The normalized spacial score (nSPS) is 16.8. The van der Waals surface area contributed by atoms with Gasteiger partial charge in [-0.05, 0) is 26.2 Å². The third-order valence-corrected chi connectivity index (χ3v) is 4.25. The molecule has 0 saturated carbocycles. The van der Waals surface area contributed by atoms with Gasteiger partial charge in [0.05, 0.1) is 12.3 Å². The molecule has 1 atom stereocenters. The zero-order chi connectivity index (χ0) is 14.5. The largest absolute Gasteiger partial charge is 0.465 e. The van der Waals surface area contributed by atoms with Gasteiger partial charge in [0.2, 0.25) is 5.91 Å². The lowest BCUT2D eigenvalue weighted by Gasteiger charge is -2.08. The number of nitrogens with one attached hydrogen (secondary N) is 1. The summed E-state index contributed by atoms with van der Waals surface area (Å²) in [6, 6.07) is 0. The number of thiazole rings is 1. The average molecular weight is 297 g/mol. The van der Waals surface area contributed by atoms with Crippen molar-refractivity contribution in [2.24, 2.45) is 5.73 Å². The third-order valence-electron chi connectivity index (χ3n) is 3.16. The van der Waals surface area contributed by atoms with Crippen molar-refractivity contribution in [3.8, 4) is 0 Å². The Morgan fingerprint density at radius 2 is 2.35 bits per heavy atom. The lowest BCUT2D eigenvalue weighted by molar-refractivity contribution is -0.145. The third kappa shape index (κ3) is 3.47. The van der Waals surface area contributed by atoms with Gasteiger partial charge < -0.3 is 15.8 Å². The SMILES string of the molecule is CCOC(=O)C1CCc2sc(NCCCC(N)=O)nc21. The smallest absolute Gasteiger partial charge is 0.315 e. The molecule has 1 aromatic heterocycles. The molecule has 6 nitrogen and oxygen atoms in total. The Balaban J connectivity index is 1.91. The molecule has 110 valence electrons. The van der Waals surface area contributed by atoms with E-state index < -0.39 is 0 Å². The summed E-state index contributed by atoms with van der Waals surface area (Å²) >= 11 is 1.57. The van der Waals surface area contributed by atoms with Crippen molar-refractivity contribution in [2.75, 3.05) is 18.5 Å². The molecule has 3 N–H and O–H groups in total. The summed E-state index contributed by atoms with van der Waals surface area (Å²) in [5.41, 5.74) is 5.93. The number of ether oxygens (including phenoxy) is 1. The fourth-order valence-corrected chi connectivity index (χ4v) is 3.30. The first-order valence-corrected chi connectivity index (χ1v) is 7.62. The van der Waals surface area contributed by atoms with Gasteiger partial charge in [-0.2, -0.15) is 0 Å². The number of primary amides is 1. The van der Waals surface area contributed by atoms with E-state index in [1.54, 1.807) is 18.3 Å². The Labute approximate surface area is 121 Å². The number of aryl methyl sites for hydroxylation is 1. The van der Waals surface area contributed by atoms with E-state index in [2.05, 4.69) is 10.3 Å². The predicted octanol–water partition coefficient (Wildman–Crippen LogP) is 1.41. The maximum absolute atomic E-state index is 11.8. The summed E-state index contributed by atoms with van der Waals surface area (Å²) in [6.45, 7) is 2.85. The first-order chi connectivity index (χ1) is 9.61. The molecule has 20 heavy (non-hydrogen) atoms. The van der Waals surface area contributed by atoms with Gasteiger partial charge in [-0.15, -0.1) is 11.3 Å². The summed E-state index contributed by atoms with van der Waals surface area (Å²) in [5, 5.41) is 3.97. The van der Waals surface area contributed by atoms with E-state index in [1.165, 1.54) is 0 Å². The molecule has 0 spiro atoms. The number of fused-ring (bicyclic) bond motifs is 1. The van der Waals surface area contributed by atoms with Gasteiger partial charge in [-0.3, -0.25) is 9.59 Å². The molecular weight excluding hydrogens is 278 g/mol. The number of carbonyl (C=O) groups is 2. The first kappa shape index (κ1) is 14.8. The molecule has 1 aromatic rings. The number of hydrogen-bond donors (Lipinski definition) is 2. The zero-order valence-electron chi connectivity index (χ0n) is 11.5. The standard InChI is InChI=1S/C13H19N3O3S/c1-2-19-12(18)8-5-6-9-11(8)16-13(20-9)15-7-3-4-10(14)17/h8H,2-7H2,1H3,(H2,14,17)(H,15,16). The Morgan fingerprint density at radius 3 is 3.05 bits per heavy atom. The Morgan fingerprint density at radius 1 is 1.55 bits per heavy atom. The number of hydrogen-bond acceptors (Lipinski definition) is 6. The highest BCUT2D eigenvalue weighted by Crippen LogP contribution is 2.38. The highest BCUT2D eigenvalue weighted by molar-refractivity contribution is 7.15. The van der Waals surface area contributed by atoms with Crippen LogP contribution in [-0.2, 0) is 20.7 Å². The average Bonchev–Trinajstić information content (AvgIpc) is 2.94. The Kier molecular flexibility index (Phi) is 4.94. The van der Waals surface area contributed by atoms with Gasteiger partial charge in [0.15, 0.2) is 5.13 Å². The summed E-state index contributed by atoms with van der Waals surface area (Å²) in [5.74, 6) is -0.699. The molecule has 1 unspecified atom stereocenters. The molecule has 0 bridgehead atoms. The predicted molar refractivity (Wildman–Crippen MR) is 76.7 cm³/mol. The van der Waals surface area contributed by atoms with Crippen LogP contribution in [0.5, 0.6) is 0 Å². The van der Waals surface area contributed by atoms with E-state index in [1.807, 2.05) is 0 Å². The zero-order valence-corrected chi connectivity index (χ0v) is 12.3. The molecule has 0 fully saturated rings. The first-order valence-electron chi connectivity index (χ1n) is 6.80. The van der Waals surface area contributed by atoms with Crippen LogP contribution in [-0.4, -0.2) is 30.0 Å². The van der Waals surface area contributed by atoms with E-state index in [9.17, 15) is 9.59 Å². The monoisotopic (exact) mass is 297 g/mol. The molecule has 1 heterocycles. The van der Waals surface area contributed by atoms with Gasteiger partial charge >= 0.3 is 5.97 Å². The molecular formula is C13H19N3O3S. The minimum absolute atomic E-state index is 0.183. The highest BCUT2D eigenvalue weighted by atomic mass is 32.1. The second kappa shape index (κ2) is 6.69. The topological polar surface area (TPSA) is 94.3 Å². The van der Waals surface area contributed by atoms with E-state index in [0.717, 1.165) is 28.5 Å². The number of esters is 1. The number of amides is 1. The maximum Gasteiger partial charge on any atom is 0.315 e. The van der Waals surface area contributed by atoms with Crippen LogP contribution in [0.4, 0.5) is 5.13 Å². The van der Waals surface area contributed by atoms with Gasteiger partial charge in [0.1, 0.15) is 5.92 Å². The van der Waals surface area contributed by atoms with Crippen LogP contribution in [0.1, 0.15) is 42.7 Å². The number of carbonyl (C=O) groups excluding carboxylic acids is 2. The number of anilines is 1. The number of nitrogens with zero attached hydrogens (tertiary/aromatic N) is 1. The quantitative estimate of drug-likeness (QED) is 0.586. The lowest BCUT2D eigenvalue weighted by atomic mass is 10.1. The molecule has 1 aliphatic rings. The van der Waals surface area contributed by atoms with Crippen molar-refractivity contribution >= 4 is 28.3 Å². The van der Waals surface area contributed by atoms with Gasteiger partial charge in [-0.25, -0.2) is 4.98 Å². The second-order valence-electron chi connectivity index (χ2n) is 4.67. The van der Waals surface area contributed by atoms with Crippen LogP contribution in [0.2, 0.25) is 0 Å². The molecule has 0 aromatic carbocycles. The van der Waals surface area contributed by atoms with E-state index in [0.29, 0.717) is 26.0 Å². The van der Waals surface area contributed by atoms with Crippen molar-refractivity contribution in [2.45, 2.75) is 38.5 Å². The van der Waals surface area contributed by atoms with Crippen molar-refractivity contribution in [3.05, 3.63) is 10.6 Å². The molecule has 0 aliphatic heterocycles. The summed E-state index contributed by atoms with van der Waals surface area (Å²) in [6.07, 6.45) is 2.71. The van der Waals surface area contributed by atoms with Crippen molar-refractivity contribution in [1.82, 2.24) is 4.98 Å². The van der Waals surface area contributed by atoms with Crippen molar-refractivity contribution in [3.63, 3.8) is 0 Å². The van der Waals surface area contributed by atoms with Gasteiger partial charge in [0.25, 0.3) is 0 Å². The van der Waals surface area contributed by atoms with Gasteiger partial charge in [0, 0.05) is 17.8 Å². The second-order valence-corrected chi connectivity index (χ2v) is 5.75. The lowest BCUT2D eigenvalue weighted by Crippen LogP contribution is -2.14. The van der Waals surface area contributed by atoms with Crippen LogP contribution in [0.25, 0.3) is 0 Å². The van der Waals surface area contributed by atoms with Crippen LogP contribution < -0.4 is 11.1 Å². The fraction of sp³-hybridized carbons (Fsp3) is 0.615. The highest BCUT2D eigenvalue weighted by Gasteiger charge is 2.33. The van der Waals surface area contributed by atoms with Gasteiger partial charge in [-0.1, -0.05) is 0 Å². The van der Waals surface area contributed by atoms with E-state index in [4.69, 9.17) is 10.5 Å². The Bertz CT molecular complexity index is 501. The molecule has 2 rings (SSSR count). The minimum Gasteiger partial charge on any atom is -0.465 e. The van der Waals surface area contributed by atoms with Crippen molar-refractivity contribution < 1.29 is 14.3 Å². The number of rotatable bonds is 7. The van der Waals surface area contributed by atoms with Crippen molar-refractivity contribution in [1.29, 1.82) is 0 Å². The fourth-order valence-electron chi connectivity index (χ4n) is 2.23. The number of aromatic nitrogens is 1. The van der Waals surface area contributed by atoms with Crippen LogP contribution in [0.3, 0.4) is 0 Å². The molecule has 7 heteroatoms. The van der Waals surface area contributed by atoms with Crippen LogP contribution in [0, 0.1) is 0 Å². The van der Waals surface area contributed by atoms with Crippen LogP contribution >= 0.6 is 11.3 Å². The van der Waals surface area contributed by atoms with E-state index >= 15 is 0 Å². The summed E-state index contributed by atoms with van der Waals surface area (Å²) in [4.78, 5) is 28.1.